The lowest BCUT2D eigenvalue weighted by Crippen LogP contribution is -2.16. The highest BCUT2D eigenvalue weighted by atomic mass is 79.9. The molecule has 0 heterocycles. The smallest absolute Gasteiger partial charge is 0.267 e. The van der Waals surface area contributed by atoms with E-state index in [1.165, 1.54) is 6.07 Å². The summed E-state index contributed by atoms with van der Waals surface area (Å²) in [4.78, 5) is -0.986. The first-order valence-corrected chi connectivity index (χ1v) is 7.82. The normalized spacial score (nSPS) is 11.4. The van der Waals surface area contributed by atoms with E-state index < -0.39 is 26.6 Å². The van der Waals surface area contributed by atoms with Gasteiger partial charge in [-0.2, -0.15) is 0 Å². The Morgan fingerprint density at radius 2 is 1.70 bits per heavy atom. The van der Waals surface area contributed by atoms with Crippen LogP contribution < -0.4 is 4.72 Å². The van der Waals surface area contributed by atoms with Crippen molar-refractivity contribution in [2.24, 2.45) is 0 Å². The molecule has 0 bridgehead atoms. The first-order valence-electron chi connectivity index (χ1n) is 5.54. The van der Waals surface area contributed by atoms with Crippen LogP contribution in [0.3, 0.4) is 0 Å². The van der Waals surface area contributed by atoms with Gasteiger partial charge in [-0.05, 0) is 42.8 Å². The van der Waals surface area contributed by atoms with Gasteiger partial charge in [0.25, 0.3) is 10.0 Å². The summed E-state index contributed by atoms with van der Waals surface area (Å²) in [5.41, 5.74) is 1.02. The van der Waals surface area contributed by atoms with Crippen molar-refractivity contribution < 1.29 is 17.2 Å². The van der Waals surface area contributed by atoms with Crippen LogP contribution in [0.2, 0.25) is 0 Å². The van der Waals surface area contributed by atoms with Gasteiger partial charge in [0, 0.05) is 10.2 Å². The van der Waals surface area contributed by atoms with Gasteiger partial charge in [0.05, 0.1) is 0 Å². The van der Waals surface area contributed by atoms with E-state index in [4.69, 9.17) is 0 Å². The van der Waals surface area contributed by atoms with Gasteiger partial charge in [-0.3, -0.25) is 4.72 Å². The van der Waals surface area contributed by atoms with E-state index in [0.29, 0.717) is 0 Å². The second kappa shape index (κ2) is 5.49. The monoisotopic (exact) mass is 361 g/mol. The highest BCUT2D eigenvalue weighted by Crippen LogP contribution is 2.24. The van der Waals surface area contributed by atoms with Crippen LogP contribution in [0.1, 0.15) is 5.56 Å². The Morgan fingerprint density at radius 3 is 2.25 bits per heavy atom. The molecule has 0 spiro atoms. The third-order valence-corrected chi connectivity index (χ3v) is 4.92. The molecule has 7 heteroatoms. The van der Waals surface area contributed by atoms with Gasteiger partial charge >= 0.3 is 0 Å². The van der Waals surface area contributed by atoms with E-state index >= 15 is 0 Å². The number of nitrogens with one attached hydrogen (secondary N) is 1. The largest absolute Gasteiger partial charge is 0.279 e. The molecule has 0 aliphatic carbocycles. The number of anilines is 1. The molecule has 0 aliphatic heterocycles. The Hall–Kier alpha value is -1.47. The fraction of sp³-hybridized carbons (Fsp3) is 0.0769. The minimum atomic E-state index is -4.32. The quantitative estimate of drug-likeness (QED) is 0.902. The molecule has 106 valence electrons. The van der Waals surface area contributed by atoms with Gasteiger partial charge in [0.15, 0.2) is 4.90 Å². The highest BCUT2D eigenvalue weighted by Gasteiger charge is 2.23. The van der Waals surface area contributed by atoms with Crippen LogP contribution in [-0.2, 0) is 10.0 Å². The Morgan fingerprint density at radius 1 is 1.10 bits per heavy atom. The standard InChI is InChI=1S/C13H10BrF2NO2S/c1-8-7-9(5-6-10(8)14)17-20(18,19)13-11(15)3-2-4-12(13)16/h2-7,17H,1H3. The fourth-order valence-corrected chi connectivity index (χ4v) is 3.09. The van der Waals surface area contributed by atoms with Gasteiger partial charge in [0.2, 0.25) is 0 Å². The zero-order valence-electron chi connectivity index (χ0n) is 10.3. The summed E-state index contributed by atoms with van der Waals surface area (Å²) in [6.07, 6.45) is 0. The number of hydrogen-bond acceptors (Lipinski definition) is 2. The molecule has 0 saturated heterocycles. The molecule has 0 radical (unpaired) electrons. The first-order chi connectivity index (χ1) is 9.31. The molecule has 0 saturated carbocycles. The summed E-state index contributed by atoms with van der Waals surface area (Å²) >= 11 is 3.28. The molecule has 0 unspecified atom stereocenters. The number of aryl methyl sites for hydroxylation is 1. The number of rotatable bonds is 3. The molecule has 2 aromatic carbocycles. The molecule has 0 aromatic heterocycles. The van der Waals surface area contributed by atoms with Crippen molar-refractivity contribution in [3.8, 4) is 0 Å². The molecule has 0 atom stereocenters. The Kier molecular flexibility index (Phi) is 4.10. The zero-order chi connectivity index (χ0) is 14.9. The van der Waals surface area contributed by atoms with Crippen LogP contribution in [-0.4, -0.2) is 8.42 Å². The zero-order valence-corrected chi connectivity index (χ0v) is 12.7. The molecule has 1 N–H and O–H groups in total. The molecular weight excluding hydrogens is 352 g/mol. The van der Waals surface area contributed by atoms with Crippen molar-refractivity contribution in [3.05, 3.63) is 58.1 Å². The summed E-state index contributed by atoms with van der Waals surface area (Å²) in [7, 11) is -4.32. The van der Waals surface area contributed by atoms with Gasteiger partial charge in [-0.15, -0.1) is 0 Å². The second-order valence-electron chi connectivity index (χ2n) is 4.12. The van der Waals surface area contributed by atoms with Crippen molar-refractivity contribution in [1.29, 1.82) is 0 Å². The van der Waals surface area contributed by atoms with Gasteiger partial charge < -0.3 is 0 Å². The lowest BCUT2D eigenvalue weighted by atomic mass is 10.2. The van der Waals surface area contributed by atoms with Crippen molar-refractivity contribution >= 4 is 31.6 Å². The van der Waals surface area contributed by atoms with Gasteiger partial charge in [-0.25, -0.2) is 17.2 Å². The van der Waals surface area contributed by atoms with Crippen molar-refractivity contribution in [3.63, 3.8) is 0 Å². The summed E-state index contributed by atoms with van der Waals surface area (Å²) < 4.78 is 54.1. The number of halogens is 3. The third-order valence-electron chi connectivity index (χ3n) is 2.60. The van der Waals surface area contributed by atoms with Crippen LogP contribution in [0.25, 0.3) is 0 Å². The number of benzene rings is 2. The van der Waals surface area contributed by atoms with Crippen LogP contribution in [0, 0.1) is 18.6 Å². The van der Waals surface area contributed by atoms with Crippen LogP contribution in [0.4, 0.5) is 14.5 Å². The maximum atomic E-state index is 13.5. The van der Waals surface area contributed by atoms with E-state index in [2.05, 4.69) is 20.7 Å². The highest BCUT2D eigenvalue weighted by molar-refractivity contribution is 9.10. The first kappa shape index (κ1) is 14.9. The van der Waals surface area contributed by atoms with Crippen molar-refractivity contribution in [1.82, 2.24) is 0 Å². The topological polar surface area (TPSA) is 46.2 Å². The summed E-state index contributed by atoms with van der Waals surface area (Å²) in [6.45, 7) is 1.77. The number of hydrogen-bond donors (Lipinski definition) is 1. The molecule has 3 nitrogen and oxygen atoms in total. The van der Waals surface area contributed by atoms with Gasteiger partial charge in [0.1, 0.15) is 11.6 Å². The average Bonchev–Trinajstić information content (AvgIpc) is 2.33. The fourth-order valence-electron chi connectivity index (χ4n) is 1.65. The lowest BCUT2D eigenvalue weighted by molar-refractivity contribution is 0.521. The van der Waals surface area contributed by atoms with Crippen LogP contribution >= 0.6 is 15.9 Å². The van der Waals surface area contributed by atoms with E-state index in [-0.39, 0.29) is 5.69 Å². The maximum absolute atomic E-state index is 13.5. The number of sulfonamides is 1. The van der Waals surface area contributed by atoms with Crippen molar-refractivity contribution in [2.75, 3.05) is 4.72 Å². The van der Waals surface area contributed by atoms with Crippen molar-refractivity contribution in [2.45, 2.75) is 11.8 Å². The third kappa shape index (κ3) is 2.99. The molecular formula is C13H10BrF2NO2S. The second-order valence-corrected chi connectivity index (χ2v) is 6.59. The van der Waals surface area contributed by atoms with Gasteiger partial charge in [-0.1, -0.05) is 22.0 Å². The van der Waals surface area contributed by atoms with E-state index in [1.807, 2.05) is 0 Å². The Labute approximate surface area is 123 Å². The summed E-state index contributed by atoms with van der Waals surface area (Å²) in [6, 6.07) is 7.58. The van der Waals surface area contributed by atoms with E-state index in [9.17, 15) is 17.2 Å². The lowest BCUT2D eigenvalue weighted by Gasteiger charge is -2.10. The average molecular weight is 362 g/mol. The molecule has 0 aliphatic rings. The Bertz CT molecular complexity index is 743. The maximum Gasteiger partial charge on any atom is 0.267 e. The van der Waals surface area contributed by atoms with E-state index in [0.717, 1.165) is 28.2 Å². The predicted molar refractivity (Wildman–Crippen MR) is 76.0 cm³/mol. The summed E-state index contributed by atoms with van der Waals surface area (Å²) in [5, 5.41) is 0. The summed E-state index contributed by atoms with van der Waals surface area (Å²) in [5.74, 6) is -2.27. The molecule has 20 heavy (non-hydrogen) atoms. The molecule has 2 rings (SSSR count). The predicted octanol–water partition coefficient (Wildman–Crippen LogP) is 3.84. The SMILES string of the molecule is Cc1cc(NS(=O)(=O)c2c(F)cccc2F)ccc1Br. The minimum Gasteiger partial charge on any atom is -0.279 e. The minimum absolute atomic E-state index is 0.230. The van der Waals surface area contributed by atoms with Crippen LogP contribution in [0.15, 0.2) is 45.8 Å². The molecule has 2 aromatic rings. The van der Waals surface area contributed by atoms with Crippen LogP contribution in [0.5, 0.6) is 0 Å². The molecule has 0 fully saturated rings. The van der Waals surface area contributed by atoms with E-state index in [1.54, 1.807) is 19.1 Å². The Balaban J connectivity index is 2.43. The molecule has 0 amide bonds.